The fourth-order valence-electron chi connectivity index (χ4n) is 1.48. The second kappa shape index (κ2) is 6.27. The molecular weight excluding hydrogens is 204 g/mol. The Hall–Kier alpha value is -1.36. The summed E-state index contributed by atoms with van der Waals surface area (Å²) in [5.74, 6) is 0.386. The van der Waals surface area contributed by atoms with E-state index in [2.05, 4.69) is 22.4 Å². The van der Waals surface area contributed by atoms with E-state index in [9.17, 15) is 4.79 Å². The van der Waals surface area contributed by atoms with Crippen LogP contribution in [-0.4, -0.2) is 22.1 Å². The van der Waals surface area contributed by atoms with Gasteiger partial charge in [0.05, 0.1) is 6.04 Å². The van der Waals surface area contributed by atoms with Gasteiger partial charge in [-0.05, 0) is 12.8 Å². The van der Waals surface area contributed by atoms with Crippen LogP contribution in [0, 0.1) is 0 Å². The Kier molecular flexibility index (Phi) is 4.98. The normalized spacial score (nSPS) is 12.4. The van der Waals surface area contributed by atoms with Gasteiger partial charge in [0, 0.05) is 11.8 Å². The van der Waals surface area contributed by atoms with Crippen LogP contribution in [0.4, 0.5) is 5.82 Å². The van der Waals surface area contributed by atoms with Crippen LogP contribution in [0.1, 0.15) is 38.8 Å². The molecule has 1 aromatic heterocycles. The molecule has 0 bridgehead atoms. The van der Waals surface area contributed by atoms with Crippen molar-refractivity contribution in [2.75, 3.05) is 5.32 Å². The lowest BCUT2D eigenvalue weighted by molar-refractivity contribution is -0.117. The van der Waals surface area contributed by atoms with E-state index in [1.807, 2.05) is 13.0 Å². The Balaban J connectivity index is 2.49. The molecule has 1 atom stereocenters. The quantitative estimate of drug-likeness (QED) is 0.683. The molecule has 0 aliphatic carbocycles. The van der Waals surface area contributed by atoms with Crippen molar-refractivity contribution in [3.8, 4) is 0 Å². The van der Waals surface area contributed by atoms with E-state index >= 15 is 0 Å². The highest BCUT2D eigenvalue weighted by Crippen LogP contribution is 2.08. The molecule has 0 aliphatic heterocycles. The number of nitrogens with zero attached hydrogens (tertiary/aromatic N) is 1. The van der Waals surface area contributed by atoms with Crippen molar-refractivity contribution in [1.82, 2.24) is 10.2 Å². The molecular formula is C11H20N4O. The lowest BCUT2D eigenvalue weighted by Gasteiger charge is -2.08. The fourth-order valence-corrected chi connectivity index (χ4v) is 1.48. The van der Waals surface area contributed by atoms with Gasteiger partial charge in [0.15, 0.2) is 5.82 Å². The number of amides is 1. The predicted molar refractivity (Wildman–Crippen MR) is 64.1 cm³/mol. The maximum absolute atomic E-state index is 11.6. The number of carbonyl (C=O) groups excluding carboxylic acids is 1. The van der Waals surface area contributed by atoms with Gasteiger partial charge in [0.1, 0.15) is 0 Å². The molecule has 0 spiro atoms. The Labute approximate surface area is 95.8 Å². The zero-order chi connectivity index (χ0) is 12.0. The Morgan fingerprint density at radius 1 is 1.56 bits per heavy atom. The van der Waals surface area contributed by atoms with Gasteiger partial charge in [-0.25, -0.2) is 0 Å². The largest absolute Gasteiger partial charge is 0.320 e. The number of aromatic amines is 1. The zero-order valence-electron chi connectivity index (χ0n) is 9.92. The second-order valence-electron chi connectivity index (χ2n) is 3.91. The van der Waals surface area contributed by atoms with E-state index < -0.39 is 6.04 Å². The fraction of sp³-hybridized carbons (Fsp3) is 0.636. The summed E-state index contributed by atoms with van der Waals surface area (Å²) >= 11 is 0. The summed E-state index contributed by atoms with van der Waals surface area (Å²) in [5.41, 5.74) is 6.72. The van der Waals surface area contributed by atoms with Crippen molar-refractivity contribution in [3.63, 3.8) is 0 Å². The topological polar surface area (TPSA) is 83.8 Å². The minimum absolute atomic E-state index is 0.170. The first kappa shape index (κ1) is 12.7. The van der Waals surface area contributed by atoms with Crippen LogP contribution >= 0.6 is 0 Å². The molecule has 5 nitrogen and oxygen atoms in total. The number of hydrogen-bond acceptors (Lipinski definition) is 3. The monoisotopic (exact) mass is 224 g/mol. The number of H-pyrrole nitrogens is 1. The average molecular weight is 224 g/mol. The van der Waals surface area contributed by atoms with Gasteiger partial charge in [-0.2, -0.15) is 5.10 Å². The first-order valence-corrected chi connectivity index (χ1v) is 5.78. The van der Waals surface area contributed by atoms with E-state index in [1.54, 1.807) is 0 Å². The van der Waals surface area contributed by atoms with Crippen LogP contribution in [0.3, 0.4) is 0 Å². The van der Waals surface area contributed by atoms with Gasteiger partial charge in [0.2, 0.25) is 5.91 Å². The Bertz CT molecular complexity index is 334. The molecule has 1 heterocycles. The van der Waals surface area contributed by atoms with Crippen molar-refractivity contribution in [1.29, 1.82) is 0 Å². The highest BCUT2D eigenvalue weighted by Gasteiger charge is 2.13. The summed E-state index contributed by atoms with van der Waals surface area (Å²) in [6.45, 7) is 4.09. The molecule has 5 heteroatoms. The zero-order valence-corrected chi connectivity index (χ0v) is 9.92. The first-order valence-electron chi connectivity index (χ1n) is 5.78. The smallest absolute Gasteiger partial charge is 0.242 e. The number of aryl methyl sites for hydroxylation is 1. The molecule has 0 aromatic carbocycles. The van der Waals surface area contributed by atoms with Gasteiger partial charge < -0.3 is 11.1 Å². The molecule has 0 saturated heterocycles. The van der Waals surface area contributed by atoms with Crippen molar-refractivity contribution in [2.45, 2.75) is 45.6 Å². The molecule has 4 N–H and O–H groups in total. The minimum atomic E-state index is -0.448. The van der Waals surface area contributed by atoms with Crippen LogP contribution < -0.4 is 11.1 Å². The lowest BCUT2D eigenvalue weighted by atomic mass is 10.2. The maximum atomic E-state index is 11.6. The Morgan fingerprint density at radius 2 is 2.31 bits per heavy atom. The van der Waals surface area contributed by atoms with E-state index in [0.717, 1.165) is 25.0 Å². The van der Waals surface area contributed by atoms with E-state index in [4.69, 9.17) is 5.73 Å². The van der Waals surface area contributed by atoms with Crippen molar-refractivity contribution < 1.29 is 4.79 Å². The van der Waals surface area contributed by atoms with Crippen LogP contribution in [0.2, 0.25) is 0 Å². The molecule has 16 heavy (non-hydrogen) atoms. The summed E-state index contributed by atoms with van der Waals surface area (Å²) in [4.78, 5) is 11.6. The van der Waals surface area contributed by atoms with Crippen molar-refractivity contribution >= 4 is 11.7 Å². The van der Waals surface area contributed by atoms with Gasteiger partial charge in [-0.1, -0.05) is 26.7 Å². The van der Waals surface area contributed by atoms with Gasteiger partial charge in [0.25, 0.3) is 0 Å². The Morgan fingerprint density at radius 3 is 2.94 bits per heavy atom. The third-order valence-corrected chi connectivity index (χ3v) is 2.34. The average Bonchev–Trinajstić information content (AvgIpc) is 2.66. The SMILES string of the molecule is CCCc1cc(NC(=O)[C@H](N)CCC)n[nH]1. The summed E-state index contributed by atoms with van der Waals surface area (Å²) in [5, 5.41) is 9.58. The number of rotatable bonds is 6. The maximum Gasteiger partial charge on any atom is 0.242 e. The third kappa shape index (κ3) is 3.66. The van der Waals surface area contributed by atoms with Crippen molar-refractivity contribution in [2.24, 2.45) is 5.73 Å². The summed E-state index contributed by atoms with van der Waals surface area (Å²) in [7, 11) is 0. The molecule has 0 aliphatic rings. The number of anilines is 1. The molecule has 0 unspecified atom stereocenters. The number of hydrogen-bond donors (Lipinski definition) is 3. The molecule has 90 valence electrons. The summed E-state index contributed by atoms with van der Waals surface area (Å²) in [6.07, 6.45) is 3.57. The summed E-state index contributed by atoms with van der Waals surface area (Å²) < 4.78 is 0. The molecule has 1 rings (SSSR count). The van der Waals surface area contributed by atoms with E-state index in [0.29, 0.717) is 12.2 Å². The third-order valence-electron chi connectivity index (χ3n) is 2.34. The predicted octanol–water partition coefficient (Wildman–Crippen LogP) is 1.43. The van der Waals surface area contributed by atoms with Gasteiger partial charge in [-0.15, -0.1) is 0 Å². The van der Waals surface area contributed by atoms with Crippen LogP contribution in [0.15, 0.2) is 6.07 Å². The second-order valence-corrected chi connectivity index (χ2v) is 3.91. The van der Waals surface area contributed by atoms with Crippen LogP contribution in [-0.2, 0) is 11.2 Å². The summed E-state index contributed by atoms with van der Waals surface area (Å²) in [6, 6.07) is 1.40. The van der Waals surface area contributed by atoms with Crippen LogP contribution in [0.25, 0.3) is 0 Å². The molecule has 0 fully saturated rings. The van der Waals surface area contributed by atoms with E-state index in [1.165, 1.54) is 0 Å². The van der Waals surface area contributed by atoms with E-state index in [-0.39, 0.29) is 5.91 Å². The highest BCUT2D eigenvalue weighted by molar-refractivity contribution is 5.93. The molecule has 1 aromatic rings. The minimum Gasteiger partial charge on any atom is -0.320 e. The number of carbonyl (C=O) groups is 1. The number of nitrogens with one attached hydrogen (secondary N) is 2. The molecule has 0 saturated carbocycles. The number of aromatic nitrogens is 2. The van der Waals surface area contributed by atoms with Gasteiger partial charge >= 0.3 is 0 Å². The van der Waals surface area contributed by atoms with Gasteiger partial charge in [-0.3, -0.25) is 9.89 Å². The number of nitrogens with two attached hydrogens (primary N) is 1. The standard InChI is InChI=1S/C11H20N4O/c1-3-5-8-7-10(15-14-8)13-11(16)9(12)6-4-2/h7,9H,3-6,12H2,1-2H3,(H2,13,14,15,16)/t9-/m1/s1. The highest BCUT2D eigenvalue weighted by atomic mass is 16.2. The lowest BCUT2D eigenvalue weighted by Crippen LogP contribution is -2.35. The molecule has 1 amide bonds. The first-order chi connectivity index (χ1) is 7.67. The molecule has 0 radical (unpaired) electrons. The van der Waals surface area contributed by atoms with Crippen molar-refractivity contribution in [3.05, 3.63) is 11.8 Å². The van der Waals surface area contributed by atoms with Crippen LogP contribution in [0.5, 0.6) is 0 Å².